The van der Waals surface area contributed by atoms with Gasteiger partial charge in [0, 0.05) is 44.3 Å². The summed E-state index contributed by atoms with van der Waals surface area (Å²) >= 11 is 0. The van der Waals surface area contributed by atoms with Crippen molar-refractivity contribution in [2.24, 2.45) is 0 Å². The van der Waals surface area contributed by atoms with Crippen molar-refractivity contribution in [1.82, 2.24) is 29.5 Å². The number of hydrogen-bond donors (Lipinski definition) is 0. The second-order valence-electron chi connectivity index (χ2n) is 13.4. The molecule has 0 atom stereocenters. The molecular formula is C47H28N6O2. The summed E-state index contributed by atoms with van der Waals surface area (Å²) in [6, 6.07) is 56.9. The van der Waals surface area contributed by atoms with Gasteiger partial charge in [0.05, 0.1) is 11.0 Å². The third-order valence-electron chi connectivity index (χ3n) is 9.97. The SMILES string of the molecule is c1ccc2oc(-c3ccc(-c4nc(-c5ccc(-c6nc7ccccc7o6)cc5)nc(-c5ccc(-n6c7ccccc7c7ccccc76)cc5)n4)cc3)nc2c1. The molecule has 0 unspecified atom stereocenters. The molecule has 0 fully saturated rings. The van der Waals surface area contributed by atoms with E-state index in [0.29, 0.717) is 29.3 Å². The van der Waals surface area contributed by atoms with Crippen LogP contribution < -0.4 is 0 Å². The Balaban J connectivity index is 0.994. The normalized spacial score (nSPS) is 11.6. The summed E-state index contributed by atoms with van der Waals surface area (Å²) in [4.78, 5) is 24.4. The van der Waals surface area contributed by atoms with Crippen molar-refractivity contribution in [2.75, 3.05) is 0 Å². The van der Waals surface area contributed by atoms with E-state index in [9.17, 15) is 0 Å². The first-order valence-electron chi connectivity index (χ1n) is 18.0. The number of para-hydroxylation sites is 6. The first kappa shape index (κ1) is 30.9. The highest BCUT2D eigenvalue weighted by Gasteiger charge is 2.17. The second-order valence-corrected chi connectivity index (χ2v) is 13.4. The fourth-order valence-electron chi connectivity index (χ4n) is 7.24. The van der Waals surface area contributed by atoms with Crippen LogP contribution in [0.2, 0.25) is 0 Å². The monoisotopic (exact) mass is 708 g/mol. The fraction of sp³-hybridized carbons (Fsp3) is 0. The van der Waals surface area contributed by atoms with E-state index in [1.807, 2.05) is 97.1 Å². The lowest BCUT2D eigenvalue weighted by Gasteiger charge is -2.11. The molecule has 4 heterocycles. The van der Waals surface area contributed by atoms with E-state index in [-0.39, 0.29) is 0 Å². The Morgan fingerprint density at radius 2 is 0.691 bits per heavy atom. The Morgan fingerprint density at radius 3 is 1.13 bits per heavy atom. The molecule has 0 aliphatic heterocycles. The van der Waals surface area contributed by atoms with Gasteiger partial charge in [0.2, 0.25) is 11.8 Å². The van der Waals surface area contributed by atoms with Crippen LogP contribution in [0.1, 0.15) is 0 Å². The van der Waals surface area contributed by atoms with E-state index in [1.54, 1.807) is 0 Å². The fourth-order valence-corrected chi connectivity index (χ4v) is 7.24. The van der Waals surface area contributed by atoms with Crippen LogP contribution in [-0.2, 0) is 0 Å². The molecule has 0 aliphatic carbocycles. The lowest BCUT2D eigenvalue weighted by atomic mass is 10.1. The minimum atomic E-state index is 0.554. The number of hydrogen-bond acceptors (Lipinski definition) is 7. The van der Waals surface area contributed by atoms with E-state index < -0.39 is 0 Å². The van der Waals surface area contributed by atoms with E-state index in [2.05, 4.69) is 87.3 Å². The van der Waals surface area contributed by atoms with Crippen LogP contribution in [0.15, 0.2) is 179 Å². The molecule has 0 aliphatic rings. The summed E-state index contributed by atoms with van der Waals surface area (Å²) in [5, 5.41) is 2.44. The number of oxazole rings is 2. The van der Waals surface area contributed by atoms with Crippen LogP contribution in [-0.4, -0.2) is 29.5 Å². The molecule has 0 radical (unpaired) electrons. The van der Waals surface area contributed by atoms with Gasteiger partial charge in [0.25, 0.3) is 0 Å². The van der Waals surface area contributed by atoms with Crippen molar-refractivity contribution >= 4 is 44.0 Å². The molecule has 0 saturated heterocycles. The highest BCUT2D eigenvalue weighted by Crippen LogP contribution is 2.34. The van der Waals surface area contributed by atoms with Crippen molar-refractivity contribution in [1.29, 1.82) is 0 Å². The van der Waals surface area contributed by atoms with Crippen molar-refractivity contribution < 1.29 is 8.83 Å². The van der Waals surface area contributed by atoms with Crippen LogP contribution in [0.25, 0.3) is 107 Å². The van der Waals surface area contributed by atoms with Gasteiger partial charge < -0.3 is 13.4 Å². The molecule has 11 aromatic rings. The van der Waals surface area contributed by atoms with Gasteiger partial charge in [-0.15, -0.1) is 0 Å². The lowest BCUT2D eigenvalue weighted by molar-refractivity contribution is 0.619. The third-order valence-corrected chi connectivity index (χ3v) is 9.97. The Morgan fingerprint density at radius 1 is 0.327 bits per heavy atom. The molecule has 0 spiro atoms. The molecule has 7 aromatic carbocycles. The summed E-state index contributed by atoms with van der Waals surface area (Å²) < 4.78 is 14.4. The van der Waals surface area contributed by atoms with Crippen molar-refractivity contribution in [3.05, 3.63) is 170 Å². The highest BCUT2D eigenvalue weighted by atomic mass is 16.4. The average Bonchev–Trinajstić information content (AvgIpc) is 3.98. The van der Waals surface area contributed by atoms with E-state index in [0.717, 1.165) is 66.7 Å². The largest absolute Gasteiger partial charge is 0.436 e. The first-order chi connectivity index (χ1) is 27.2. The molecule has 0 N–H and O–H groups in total. The predicted molar refractivity (Wildman–Crippen MR) is 216 cm³/mol. The molecule has 8 heteroatoms. The van der Waals surface area contributed by atoms with Gasteiger partial charge >= 0.3 is 0 Å². The van der Waals surface area contributed by atoms with E-state index >= 15 is 0 Å². The second kappa shape index (κ2) is 12.5. The van der Waals surface area contributed by atoms with Crippen molar-refractivity contribution in [2.45, 2.75) is 0 Å². The smallest absolute Gasteiger partial charge is 0.227 e. The zero-order chi connectivity index (χ0) is 36.3. The van der Waals surface area contributed by atoms with Crippen LogP contribution >= 0.6 is 0 Å². The summed E-state index contributed by atoms with van der Waals surface area (Å²) in [5.41, 5.74) is 10.8. The molecule has 4 aromatic heterocycles. The van der Waals surface area contributed by atoms with Crippen LogP contribution in [0, 0.1) is 0 Å². The molecule has 8 nitrogen and oxygen atoms in total. The van der Waals surface area contributed by atoms with E-state index in [1.165, 1.54) is 10.8 Å². The molecular weight excluding hydrogens is 681 g/mol. The Labute approximate surface area is 314 Å². The van der Waals surface area contributed by atoms with E-state index in [4.69, 9.17) is 23.8 Å². The summed E-state index contributed by atoms with van der Waals surface area (Å²) in [6.07, 6.45) is 0. The standard InChI is InChI=1S/C47H28N6O2/c1-5-13-39-35(9-1)36-10-2-6-14-40(36)53(39)34-27-25-31(26-28-34)45-51-43(29-17-21-32(22-18-29)46-48-37-11-3-7-15-41(37)54-46)50-44(52-45)30-19-23-33(24-20-30)47-49-38-12-4-8-16-42(38)55-47/h1-28H. The molecule has 0 saturated carbocycles. The minimum absolute atomic E-state index is 0.554. The summed E-state index contributed by atoms with van der Waals surface area (Å²) in [5.74, 6) is 2.80. The Hall–Kier alpha value is -7.71. The summed E-state index contributed by atoms with van der Waals surface area (Å²) in [7, 11) is 0. The van der Waals surface area contributed by atoms with Crippen LogP contribution in [0.4, 0.5) is 0 Å². The Kier molecular flexibility index (Phi) is 6.99. The van der Waals surface area contributed by atoms with Gasteiger partial charge in [-0.1, -0.05) is 84.9 Å². The topological polar surface area (TPSA) is 95.7 Å². The number of fused-ring (bicyclic) bond motifs is 5. The zero-order valence-corrected chi connectivity index (χ0v) is 29.2. The maximum absolute atomic E-state index is 6.03. The molecule has 258 valence electrons. The van der Waals surface area contributed by atoms with Gasteiger partial charge in [-0.2, -0.15) is 0 Å². The predicted octanol–water partition coefficient (Wildman–Crippen LogP) is 11.6. The molecule has 55 heavy (non-hydrogen) atoms. The number of aromatic nitrogens is 6. The van der Waals surface area contributed by atoms with Gasteiger partial charge in [-0.05, 0) is 84.9 Å². The van der Waals surface area contributed by atoms with Gasteiger partial charge in [-0.25, -0.2) is 24.9 Å². The van der Waals surface area contributed by atoms with Crippen LogP contribution in [0.3, 0.4) is 0 Å². The maximum Gasteiger partial charge on any atom is 0.227 e. The number of nitrogens with zero attached hydrogens (tertiary/aromatic N) is 6. The summed E-state index contributed by atoms with van der Waals surface area (Å²) in [6.45, 7) is 0. The quantitative estimate of drug-likeness (QED) is 0.170. The third kappa shape index (κ3) is 5.35. The van der Waals surface area contributed by atoms with Gasteiger partial charge in [0.15, 0.2) is 28.6 Å². The highest BCUT2D eigenvalue weighted by molar-refractivity contribution is 6.09. The van der Waals surface area contributed by atoms with Gasteiger partial charge in [-0.3, -0.25) is 0 Å². The molecule has 0 amide bonds. The maximum atomic E-state index is 6.03. The zero-order valence-electron chi connectivity index (χ0n) is 29.2. The van der Waals surface area contributed by atoms with Crippen molar-refractivity contribution in [3.8, 4) is 62.8 Å². The molecule has 11 rings (SSSR count). The molecule has 0 bridgehead atoms. The lowest BCUT2D eigenvalue weighted by Crippen LogP contribution is -2.00. The minimum Gasteiger partial charge on any atom is -0.436 e. The Bertz CT molecular complexity index is 2940. The first-order valence-corrected chi connectivity index (χ1v) is 18.0. The van der Waals surface area contributed by atoms with Crippen molar-refractivity contribution in [3.63, 3.8) is 0 Å². The van der Waals surface area contributed by atoms with Crippen LogP contribution in [0.5, 0.6) is 0 Å². The van der Waals surface area contributed by atoms with Gasteiger partial charge in [0.1, 0.15) is 11.0 Å². The average molecular weight is 709 g/mol. The number of benzene rings is 7. The number of rotatable bonds is 6.